The third-order valence-electron chi connectivity index (χ3n) is 6.27. The Morgan fingerprint density at radius 1 is 1.19 bits per heavy atom. The summed E-state index contributed by atoms with van der Waals surface area (Å²) in [5, 5.41) is 12.6. The summed E-state index contributed by atoms with van der Waals surface area (Å²) in [5.74, 6) is 0.110. The molecular formula is C24H28N6OS. The average molecular weight is 449 g/mol. The highest BCUT2D eigenvalue weighted by Crippen LogP contribution is 2.33. The van der Waals surface area contributed by atoms with Crippen molar-refractivity contribution in [2.75, 3.05) is 18.8 Å². The van der Waals surface area contributed by atoms with Crippen LogP contribution in [0.1, 0.15) is 30.9 Å². The van der Waals surface area contributed by atoms with Crippen LogP contribution in [-0.2, 0) is 6.54 Å². The number of thioether (sulfide) groups is 1. The first-order chi connectivity index (χ1) is 15.5. The second-order valence-corrected chi connectivity index (χ2v) is 9.82. The molecule has 3 aromatic rings. The lowest BCUT2D eigenvalue weighted by Crippen LogP contribution is -2.24. The summed E-state index contributed by atoms with van der Waals surface area (Å²) in [4.78, 5) is 14.8. The topological polar surface area (TPSA) is 116 Å². The molecule has 3 heterocycles. The molecule has 2 aliphatic rings. The molecule has 1 saturated heterocycles. The monoisotopic (exact) mass is 448 g/mol. The molecule has 2 aliphatic heterocycles. The Bertz CT molecular complexity index is 1200. The van der Waals surface area contributed by atoms with Gasteiger partial charge < -0.3 is 21.6 Å². The van der Waals surface area contributed by atoms with E-state index < -0.39 is 0 Å². The van der Waals surface area contributed by atoms with Crippen LogP contribution < -0.4 is 11.5 Å². The van der Waals surface area contributed by atoms with Gasteiger partial charge in [0.15, 0.2) is 11.0 Å². The summed E-state index contributed by atoms with van der Waals surface area (Å²) in [6.07, 6.45) is 2.19. The van der Waals surface area contributed by atoms with Gasteiger partial charge in [0.05, 0.1) is 23.0 Å². The number of benzene rings is 2. The van der Waals surface area contributed by atoms with E-state index in [9.17, 15) is 5.11 Å². The maximum Gasteiger partial charge on any atom is 0.198 e. The maximum absolute atomic E-state index is 10.4. The number of nitrogens with two attached hydrogens (primary N) is 2. The molecule has 1 fully saturated rings. The van der Waals surface area contributed by atoms with E-state index in [-0.39, 0.29) is 5.88 Å². The molecule has 0 aliphatic carbocycles. The van der Waals surface area contributed by atoms with Crippen LogP contribution in [0.4, 0.5) is 11.4 Å². The van der Waals surface area contributed by atoms with Gasteiger partial charge in [0.25, 0.3) is 0 Å². The van der Waals surface area contributed by atoms with E-state index >= 15 is 0 Å². The fourth-order valence-corrected chi connectivity index (χ4v) is 5.74. The zero-order valence-electron chi connectivity index (χ0n) is 18.1. The molecule has 2 aromatic carbocycles. The smallest absolute Gasteiger partial charge is 0.198 e. The first-order valence-corrected chi connectivity index (χ1v) is 11.8. The van der Waals surface area contributed by atoms with Crippen LogP contribution in [0.25, 0.3) is 10.9 Å². The fraction of sp³-hybridized carbons (Fsp3) is 0.333. The standard InChI is InChI=1S/C24H28N6OS/c1-14(22-18-12-16(25)4-7-19(18)28-23(22)31)27-17-5-2-15(3-6-17)13-30-10-8-20-21(9-11-30)32-24(26)29-20/h2-7,12,20-21,28,31H,8-11,13,25H2,1H3,(H2,26,29). The Morgan fingerprint density at radius 2 is 1.97 bits per heavy atom. The number of aliphatic imine (C=N–C) groups is 2. The van der Waals surface area contributed by atoms with E-state index in [2.05, 4.69) is 27.0 Å². The number of nitrogens with zero attached hydrogens (tertiary/aromatic N) is 3. The minimum Gasteiger partial charge on any atom is -0.494 e. The van der Waals surface area contributed by atoms with Gasteiger partial charge in [-0.3, -0.25) is 14.9 Å². The first-order valence-electron chi connectivity index (χ1n) is 10.9. The van der Waals surface area contributed by atoms with Gasteiger partial charge in [-0.05, 0) is 62.2 Å². The number of hydrogen-bond acceptors (Lipinski definition) is 7. The second kappa shape index (κ2) is 8.52. The molecule has 0 radical (unpaired) electrons. The number of amidine groups is 1. The average Bonchev–Trinajstić information content (AvgIpc) is 3.22. The number of aromatic amines is 1. The van der Waals surface area contributed by atoms with Crippen molar-refractivity contribution >= 4 is 44.9 Å². The van der Waals surface area contributed by atoms with E-state index in [1.807, 2.05) is 37.3 Å². The number of nitrogen functional groups attached to an aromatic ring is 1. The zero-order valence-corrected chi connectivity index (χ0v) is 18.9. The van der Waals surface area contributed by atoms with Crippen molar-refractivity contribution in [3.8, 4) is 5.88 Å². The van der Waals surface area contributed by atoms with Gasteiger partial charge in [-0.1, -0.05) is 23.9 Å². The van der Waals surface area contributed by atoms with Crippen LogP contribution in [0.15, 0.2) is 52.4 Å². The minimum atomic E-state index is 0.110. The molecule has 0 amide bonds. The van der Waals surface area contributed by atoms with Crippen molar-refractivity contribution in [3.05, 3.63) is 53.6 Å². The quantitative estimate of drug-likeness (QED) is 0.356. The van der Waals surface area contributed by atoms with E-state index in [1.54, 1.807) is 11.8 Å². The molecule has 2 unspecified atom stereocenters. The lowest BCUT2D eigenvalue weighted by Gasteiger charge is -2.20. The summed E-state index contributed by atoms with van der Waals surface area (Å²) >= 11 is 1.74. The summed E-state index contributed by atoms with van der Waals surface area (Å²) in [5.41, 5.74) is 16.9. The summed E-state index contributed by atoms with van der Waals surface area (Å²) < 4.78 is 0. The summed E-state index contributed by atoms with van der Waals surface area (Å²) in [6.45, 7) is 4.94. The van der Waals surface area contributed by atoms with Gasteiger partial charge in [-0.25, -0.2) is 0 Å². The van der Waals surface area contributed by atoms with Gasteiger partial charge in [0, 0.05) is 34.9 Å². The highest BCUT2D eigenvalue weighted by molar-refractivity contribution is 8.14. The largest absolute Gasteiger partial charge is 0.494 e. The van der Waals surface area contributed by atoms with E-state index in [0.29, 0.717) is 22.5 Å². The highest BCUT2D eigenvalue weighted by atomic mass is 32.2. The normalized spacial score (nSPS) is 22.0. The molecule has 0 bridgehead atoms. The number of fused-ring (bicyclic) bond motifs is 2. The van der Waals surface area contributed by atoms with Crippen molar-refractivity contribution in [3.63, 3.8) is 0 Å². The zero-order chi connectivity index (χ0) is 22.2. The Kier molecular flexibility index (Phi) is 5.57. The Balaban J connectivity index is 1.28. The van der Waals surface area contributed by atoms with Crippen LogP contribution in [0.3, 0.4) is 0 Å². The van der Waals surface area contributed by atoms with Crippen LogP contribution in [0, 0.1) is 0 Å². The van der Waals surface area contributed by atoms with Gasteiger partial charge in [0.2, 0.25) is 0 Å². The third-order valence-corrected chi connectivity index (χ3v) is 7.47. The molecule has 0 saturated carbocycles. The summed E-state index contributed by atoms with van der Waals surface area (Å²) in [6, 6.07) is 14.2. The predicted molar refractivity (Wildman–Crippen MR) is 134 cm³/mol. The van der Waals surface area contributed by atoms with E-state index in [0.717, 1.165) is 59.9 Å². The van der Waals surface area contributed by atoms with Gasteiger partial charge in [-0.2, -0.15) is 0 Å². The Morgan fingerprint density at radius 3 is 2.78 bits per heavy atom. The van der Waals surface area contributed by atoms with Crippen molar-refractivity contribution in [2.24, 2.45) is 15.7 Å². The molecule has 1 aromatic heterocycles. The number of nitrogens with one attached hydrogen (secondary N) is 1. The number of aromatic hydroxyl groups is 1. The summed E-state index contributed by atoms with van der Waals surface area (Å²) in [7, 11) is 0. The number of H-pyrrole nitrogens is 1. The molecule has 0 spiro atoms. The molecule has 2 atom stereocenters. The number of likely N-dealkylation sites (tertiary alicyclic amines) is 1. The molecule has 6 N–H and O–H groups in total. The number of anilines is 1. The van der Waals surface area contributed by atoms with Crippen LogP contribution >= 0.6 is 11.8 Å². The van der Waals surface area contributed by atoms with Gasteiger partial charge >= 0.3 is 0 Å². The SMILES string of the molecule is CC(=Nc1ccc(CN2CCC3N=C(N)SC3CC2)cc1)c1c(O)[nH]c2ccc(N)cc12. The molecule has 166 valence electrons. The number of aromatic nitrogens is 1. The number of hydrogen-bond donors (Lipinski definition) is 4. The first kappa shape index (κ1) is 20.9. The van der Waals surface area contributed by atoms with E-state index in [4.69, 9.17) is 16.5 Å². The van der Waals surface area contributed by atoms with Gasteiger partial charge in [-0.15, -0.1) is 0 Å². The Labute approximate surface area is 191 Å². The van der Waals surface area contributed by atoms with Crippen LogP contribution in [0.5, 0.6) is 5.88 Å². The van der Waals surface area contributed by atoms with Crippen molar-refractivity contribution < 1.29 is 5.11 Å². The van der Waals surface area contributed by atoms with Gasteiger partial charge in [0.1, 0.15) is 0 Å². The molecule has 8 heteroatoms. The molecule has 5 rings (SSSR count). The highest BCUT2D eigenvalue weighted by Gasteiger charge is 2.31. The Hall–Kier alpha value is -2.97. The molecule has 32 heavy (non-hydrogen) atoms. The lowest BCUT2D eigenvalue weighted by molar-refractivity contribution is 0.276. The fourth-order valence-electron chi connectivity index (χ4n) is 4.65. The third kappa shape index (κ3) is 4.20. The second-order valence-electron chi connectivity index (χ2n) is 8.56. The van der Waals surface area contributed by atoms with Crippen molar-refractivity contribution in [1.29, 1.82) is 0 Å². The van der Waals surface area contributed by atoms with Crippen LogP contribution in [0.2, 0.25) is 0 Å². The predicted octanol–water partition coefficient (Wildman–Crippen LogP) is 3.99. The molecule has 7 nitrogen and oxygen atoms in total. The van der Waals surface area contributed by atoms with Crippen molar-refractivity contribution in [2.45, 2.75) is 37.6 Å². The van der Waals surface area contributed by atoms with Crippen LogP contribution in [-0.4, -0.2) is 50.3 Å². The number of rotatable bonds is 4. The lowest BCUT2D eigenvalue weighted by atomic mass is 10.1. The maximum atomic E-state index is 10.4. The van der Waals surface area contributed by atoms with Crippen molar-refractivity contribution in [1.82, 2.24) is 9.88 Å². The van der Waals surface area contributed by atoms with E-state index in [1.165, 1.54) is 5.56 Å². The minimum absolute atomic E-state index is 0.110. The molecular weight excluding hydrogens is 420 g/mol.